The molecular formula is C46H79NO13. The highest BCUT2D eigenvalue weighted by Crippen LogP contribution is 2.30. The minimum absolute atomic E-state index is 0.226. The van der Waals surface area contributed by atoms with Crippen LogP contribution >= 0.6 is 0 Å². The lowest BCUT2D eigenvalue weighted by Crippen LogP contribution is -2.65. The fraction of sp³-hybridized carbons (Fsp3) is 0.761. The van der Waals surface area contributed by atoms with Crippen LogP contribution in [0.1, 0.15) is 129 Å². The van der Waals surface area contributed by atoms with Crippen molar-refractivity contribution in [2.45, 2.75) is 203 Å². The van der Waals surface area contributed by atoms with E-state index in [-0.39, 0.29) is 18.9 Å². The third kappa shape index (κ3) is 21.2. The fourth-order valence-electron chi connectivity index (χ4n) is 6.98. The average molecular weight is 854 g/mol. The molecule has 2 saturated heterocycles. The van der Waals surface area contributed by atoms with Crippen molar-refractivity contribution >= 4 is 5.91 Å². The second-order valence-corrected chi connectivity index (χ2v) is 15.8. The van der Waals surface area contributed by atoms with Crippen LogP contribution in [0.25, 0.3) is 0 Å². The first kappa shape index (κ1) is 53.8. The molecule has 0 aromatic rings. The second kappa shape index (κ2) is 33.3. The maximum Gasteiger partial charge on any atom is 0.220 e. The van der Waals surface area contributed by atoms with Gasteiger partial charge in [-0.25, -0.2) is 0 Å². The highest BCUT2D eigenvalue weighted by atomic mass is 16.7. The lowest BCUT2D eigenvalue weighted by molar-refractivity contribution is -0.359. The van der Waals surface area contributed by atoms with Crippen LogP contribution in [0.3, 0.4) is 0 Å². The molecule has 14 nitrogen and oxygen atoms in total. The first-order valence-electron chi connectivity index (χ1n) is 22.5. The summed E-state index contributed by atoms with van der Waals surface area (Å²) in [5, 5.41) is 86.3. The first-order valence-corrected chi connectivity index (χ1v) is 22.5. The van der Waals surface area contributed by atoms with Crippen molar-refractivity contribution in [2.75, 3.05) is 19.8 Å². The Morgan fingerprint density at radius 2 is 1.15 bits per heavy atom. The summed E-state index contributed by atoms with van der Waals surface area (Å²) in [5.41, 5.74) is 0. The highest BCUT2D eigenvalue weighted by Gasteiger charge is 2.50. The van der Waals surface area contributed by atoms with Crippen LogP contribution in [0.2, 0.25) is 0 Å². The molecule has 2 fully saturated rings. The van der Waals surface area contributed by atoms with Crippen molar-refractivity contribution in [3.05, 3.63) is 60.8 Å². The number of nitrogens with one attached hydrogen (secondary N) is 1. The van der Waals surface area contributed by atoms with Crippen molar-refractivity contribution in [1.82, 2.24) is 5.32 Å². The Hall–Kier alpha value is -2.31. The molecule has 0 spiro atoms. The predicted octanol–water partition coefficient (Wildman–Crippen LogP) is 4.32. The molecular weight excluding hydrogens is 774 g/mol. The summed E-state index contributed by atoms with van der Waals surface area (Å²) in [6.07, 6.45) is 21.3. The molecule has 0 aromatic carbocycles. The fourth-order valence-corrected chi connectivity index (χ4v) is 6.98. The summed E-state index contributed by atoms with van der Waals surface area (Å²) in [6, 6.07) is -0.935. The molecule has 2 aliphatic heterocycles. The van der Waals surface area contributed by atoms with E-state index in [4.69, 9.17) is 18.9 Å². The van der Waals surface area contributed by atoms with Gasteiger partial charge in [-0.2, -0.15) is 0 Å². The number of carbonyl (C=O) groups is 1. The van der Waals surface area contributed by atoms with E-state index < -0.39 is 86.8 Å². The Morgan fingerprint density at radius 1 is 0.617 bits per heavy atom. The van der Waals surface area contributed by atoms with Gasteiger partial charge in [0.1, 0.15) is 48.8 Å². The van der Waals surface area contributed by atoms with E-state index in [0.29, 0.717) is 6.42 Å². The maximum absolute atomic E-state index is 13.1. The van der Waals surface area contributed by atoms with Crippen molar-refractivity contribution in [1.29, 1.82) is 0 Å². The van der Waals surface area contributed by atoms with Crippen LogP contribution in [0.15, 0.2) is 60.8 Å². The highest BCUT2D eigenvalue weighted by molar-refractivity contribution is 5.76. The zero-order valence-electron chi connectivity index (χ0n) is 36.2. The monoisotopic (exact) mass is 854 g/mol. The number of rotatable bonds is 32. The molecule has 2 rings (SSSR count). The van der Waals surface area contributed by atoms with Crippen LogP contribution < -0.4 is 5.32 Å². The number of amides is 1. The number of allylic oxidation sites excluding steroid dienone is 9. The summed E-state index contributed by atoms with van der Waals surface area (Å²) >= 11 is 0. The molecule has 14 heteroatoms. The molecule has 0 radical (unpaired) electrons. The van der Waals surface area contributed by atoms with Gasteiger partial charge in [0.15, 0.2) is 12.6 Å². The summed E-state index contributed by atoms with van der Waals surface area (Å²) in [6.45, 7) is 2.58. The van der Waals surface area contributed by atoms with Crippen molar-refractivity contribution in [2.24, 2.45) is 0 Å². The van der Waals surface area contributed by atoms with Gasteiger partial charge in [-0.3, -0.25) is 4.79 Å². The van der Waals surface area contributed by atoms with E-state index in [2.05, 4.69) is 67.8 Å². The quantitative estimate of drug-likeness (QED) is 0.0340. The van der Waals surface area contributed by atoms with E-state index in [1.165, 1.54) is 38.5 Å². The van der Waals surface area contributed by atoms with Gasteiger partial charge < -0.3 is 65.1 Å². The largest absolute Gasteiger partial charge is 0.394 e. The van der Waals surface area contributed by atoms with Gasteiger partial charge in [-0.05, 0) is 57.8 Å². The SMILES string of the molecule is CC/C=C\C/C=C\C/C=C\C/C=C\CCCCC(=O)NC(COC1OC(CO)C(OC2OC(CO)C(O)C(O)C2O)C(O)C1O)C(O)/C=C/CCCCCCCCCCC. The van der Waals surface area contributed by atoms with Crippen LogP contribution in [0, 0.1) is 0 Å². The lowest BCUT2D eigenvalue weighted by Gasteiger charge is -2.46. The van der Waals surface area contributed by atoms with Crippen molar-refractivity contribution in [3.8, 4) is 0 Å². The second-order valence-electron chi connectivity index (χ2n) is 15.8. The van der Waals surface area contributed by atoms with Crippen LogP contribution in [-0.2, 0) is 23.7 Å². The van der Waals surface area contributed by atoms with Crippen molar-refractivity contribution < 1.29 is 64.6 Å². The molecule has 9 N–H and O–H groups in total. The predicted molar refractivity (Wildman–Crippen MR) is 230 cm³/mol. The number of unbranched alkanes of at least 4 members (excludes halogenated alkanes) is 11. The number of aliphatic hydroxyl groups is 8. The molecule has 2 aliphatic rings. The summed E-state index contributed by atoms with van der Waals surface area (Å²) in [5.74, 6) is -0.286. The van der Waals surface area contributed by atoms with Gasteiger partial charge >= 0.3 is 0 Å². The molecule has 0 bridgehead atoms. The van der Waals surface area contributed by atoms with Gasteiger partial charge in [0.05, 0.1) is 32.0 Å². The summed E-state index contributed by atoms with van der Waals surface area (Å²) < 4.78 is 22.6. The van der Waals surface area contributed by atoms with E-state index in [0.717, 1.165) is 64.2 Å². The van der Waals surface area contributed by atoms with E-state index in [1.807, 2.05) is 6.08 Å². The third-order valence-corrected chi connectivity index (χ3v) is 10.7. The van der Waals surface area contributed by atoms with E-state index in [9.17, 15) is 45.6 Å². The molecule has 0 saturated carbocycles. The Morgan fingerprint density at radius 3 is 1.77 bits per heavy atom. The maximum atomic E-state index is 13.1. The minimum atomic E-state index is -1.79. The molecule has 12 unspecified atom stereocenters. The molecule has 0 aromatic heterocycles. The Labute approximate surface area is 358 Å². The topological polar surface area (TPSA) is 228 Å². The molecule has 1 amide bonds. The normalized spacial score (nSPS) is 28.8. The molecule has 12 atom stereocenters. The van der Waals surface area contributed by atoms with Gasteiger partial charge in [0, 0.05) is 6.42 Å². The lowest BCUT2D eigenvalue weighted by atomic mass is 9.97. The van der Waals surface area contributed by atoms with Crippen LogP contribution in [-0.4, -0.2) is 140 Å². The Bertz CT molecular complexity index is 1240. The van der Waals surface area contributed by atoms with Crippen molar-refractivity contribution in [3.63, 3.8) is 0 Å². The van der Waals surface area contributed by atoms with Crippen LogP contribution in [0.4, 0.5) is 0 Å². The number of hydrogen-bond acceptors (Lipinski definition) is 13. The molecule has 0 aliphatic carbocycles. The molecule has 60 heavy (non-hydrogen) atoms. The van der Waals surface area contributed by atoms with Gasteiger partial charge in [0.2, 0.25) is 5.91 Å². The number of hydrogen-bond donors (Lipinski definition) is 9. The Kier molecular flexibility index (Phi) is 29.9. The van der Waals surface area contributed by atoms with Gasteiger partial charge in [-0.1, -0.05) is 126 Å². The molecule has 2 heterocycles. The number of carbonyl (C=O) groups excluding carboxylic acids is 1. The number of aliphatic hydroxyl groups excluding tert-OH is 8. The third-order valence-electron chi connectivity index (χ3n) is 10.7. The average Bonchev–Trinajstić information content (AvgIpc) is 3.24. The first-order chi connectivity index (χ1) is 29.1. The standard InChI is InChI=1S/C46H79NO13/c1-3-5-7-9-11-13-15-16-17-18-20-22-24-26-28-30-38(51)47-34(35(50)29-27-25-23-21-19-14-12-10-8-6-4-2)33-57-45-43(56)41(54)44(37(32-49)59-45)60-46-42(55)40(53)39(52)36(31-48)58-46/h5,7,11,13,16-17,20,22,27,29,34-37,39-46,48-50,52-56H,3-4,6,8-10,12,14-15,18-19,21,23-26,28,30-33H2,1-2H3,(H,47,51)/b7-5-,13-11-,17-16-,22-20-,29-27+. The zero-order chi connectivity index (χ0) is 44.0. The van der Waals surface area contributed by atoms with Crippen LogP contribution in [0.5, 0.6) is 0 Å². The summed E-state index contributed by atoms with van der Waals surface area (Å²) in [4.78, 5) is 13.1. The molecule has 346 valence electrons. The van der Waals surface area contributed by atoms with Gasteiger partial charge in [-0.15, -0.1) is 0 Å². The Balaban J connectivity index is 1.93. The minimum Gasteiger partial charge on any atom is -0.394 e. The number of ether oxygens (including phenoxy) is 4. The van der Waals surface area contributed by atoms with Gasteiger partial charge in [0.25, 0.3) is 0 Å². The smallest absolute Gasteiger partial charge is 0.220 e. The summed E-state index contributed by atoms with van der Waals surface area (Å²) in [7, 11) is 0. The van der Waals surface area contributed by atoms with E-state index in [1.54, 1.807) is 6.08 Å². The van der Waals surface area contributed by atoms with E-state index >= 15 is 0 Å². The zero-order valence-corrected chi connectivity index (χ0v) is 36.2.